The average Bonchev–Trinajstić information content (AvgIpc) is 1.94. The Hall–Kier alpha value is -0.970. The molecule has 1 heterocycles. The van der Waals surface area contributed by atoms with Gasteiger partial charge in [0.2, 0.25) is 0 Å². The summed E-state index contributed by atoms with van der Waals surface area (Å²) in [6.07, 6.45) is 0. The molecule has 66 valence electrons. The highest BCUT2D eigenvalue weighted by atomic mass is 35.5. The maximum Gasteiger partial charge on any atom is 0.387 e. The summed E-state index contributed by atoms with van der Waals surface area (Å²) in [4.78, 5) is 3.07. The lowest BCUT2D eigenvalue weighted by Gasteiger charge is -2.03. The molecule has 0 N–H and O–H groups in total. The Bertz CT molecular complexity index is 281. The molecule has 0 aromatic carbocycles. The van der Waals surface area contributed by atoms with Crippen LogP contribution in [0.1, 0.15) is 0 Å². The van der Waals surface area contributed by atoms with E-state index in [2.05, 4.69) is 9.72 Å². The van der Waals surface area contributed by atoms with Gasteiger partial charge in [-0.25, -0.2) is 4.98 Å². The van der Waals surface area contributed by atoms with Gasteiger partial charge >= 0.3 is 6.61 Å². The molecule has 0 fully saturated rings. The van der Waals surface area contributed by atoms with Crippen LogP contribution in [0.4, 0.5) is 13.2 Å². The Morgan fingerprint density at radius 2 is 2.08 bits per heavy atom. The SMILES string of the molecule is Fc1nc(Cl)ccc1OC(F)F. The lowest BCUT2D eigenvalue weighted by atomic mass is 10.4. The molecule has 0 aliphatic rings. The minimum absolute atomic E-state index is 0.117. The van der Waals surface area contributed by atoms with Crippen LogP contribution in [-0.2, 0) is 0 Å². The Balaban J connectivity index is 2.86. The van der Waals surface area contributed by atoms with Crippen molar-refractivity contribution in [2.24, 2.45) is 0 Å². The predicted octanol–water partition coefficient (Wildman–Crippen LogP) is 2.48. The maximum atomic E-state index is 12.6. The quantitative estimate of drug-likeness (QED) is 0.680. The van der Waals surface area contributed by atoms with Crippen LogP contribution in [0.5, 0.6) is 5.75 Å². The highest BCUT2D eigenvalue weighted by Crippen LogP contribution is 2.19. The van der Waals surface area contributed by atoms with E-state index >= 15 is 0 Å². The fourth-order valence-electron chi connectivity index (χ4n) is 0.583. The molecule has 1 rings (SSSR count). The molecule has 2 nitrogen and oxygen atoms in total. The van der Waals surface area contributed by atoms with E-state index in [9.17, 15) is 13.2 Å². The first kappa shape index (κ1) is 9.12. The zero-order chi connectivity index (χ0) is 9.14. The van der Waals surface area contributed by atoms with E-state index in [0.29, 0.717) is 0 Å². The first-order chi connectivity index (χ1) is 5.59. The summed E-state index contributed by atoms with van der Waals surface area (Å²) in [6, 6.07) is 2.14. The van der Waals surface area contributed by atoms with Crippen molar-refractivity contribution in [1.29, 1.82) is 0 Å². The summed E-state index contributed by atoms with van der Waals surface area (Å²) in [7, 11) is 0. The van der Waals surface area contributed by atoms with Crippen molar-refractivity contribution in [1.82, 2.24) is 4.98 Å². The summed E-state index contributed by atoms with van der Waals surface area (Å²) in [5.74, 6) is -1.77. The molecule has 0 atom stereocenters. The van der Waals surface area contributed by atoms with Crippen molar-refractivity contribution in [3.05, 3.63) is 23.2 Å². The van der Waals surface area contributed by atoms with Crippen LogP contribution in [0.3, 0.4) is 0 Å². The van der Waals surface area contributed by atoms with Gasteiger partial charge in [0.25, 0.3) is 5.95 Å². The molecular formula is C6H3ClF3NO. The van der Waals surface area contributed by atoms with Crippen LogP contribution < -0.4 is 4.74 Å². The zero-order valence-corrected chi connectivity index (χ0v) is 6.36. The van der Waals surface area contributed by atoms with Gasteiger partial charge in [-0.15, -0.1) is 0 Å². The number of hydrogen-bond acceptors (Lipinski definition) is 2. The summed E-state index contributed by atoms with van der Waals surface area (Å²) >= 11 is 5.26. The first-order valence-corrected chi connectivity index (χ1v) is 3.24. The minimum atomic E-state index is -3.07. The van der Waals surface area contributed by atoms with Gasteiger partial charge in [0.15, 0.2) is 5.75 Å². The summed E-state index contributed by atoms with van der Waals surface area (Å²) in [5.41, 5.74) is 0. The van der Waals surface area contributed by atoms with Crippen LogP contribution in [0.15, 0.2) is 12.1 Å². The van der Waals surface area contributed by atoms with Crippen LogP contribution in [0, 0.1) is 5.95 Å². The van der Waals surface area contributed by atoms with Crippen LogP contribution in [0.2, 0.25) is 5.15 Å². The molecule has 0 unspecified atom stereocenters. The third-order valence-corrected chi connectivity index (χ3v) is 1.21. The number of rotatable bonds is 2. The molecule has 0 radical (unpaired) electrons. The molecule has 0 bridgehead atoms. The third-order valence-electron chi connectivity index (χ3n) is 0.997. The van der Waals surface area contributed by atoms with Crippen molar-refractivity contribution in [3.63, 3.8) is 0 Å². The number of alkyl halides is 2. The largest absolute Gasteiger partial charge is 0.430 e. The van der Waals surface area contributed by atoms with Crippen LogP contribution in [0.25, 0.3) is 0 Å². The number of pyridine rings is 1. The van der Waals surface area contributed by atoms with Gasteiger partial charge in [0.05, 0.1) is 0 Å². The summed E-state index contributed by atoms with van der Waals surface area (Å²) in [6.45, 7) is -3.07. The zero-order valence-electron chi connectivity index (χ0n) is 5.60. The molecular weight excluding hydrogens is 195 g/mol. The second-order valence-corrected chi connectivity index (χ2v) is 2.19. The minimum Gasteiger partial charge on any atom is -0.430 e. The van der Waals surface area contributed by atoms with E-state index in [4.69, 9.17) is 11.6 Å². The van der Waals surface area contributed by atoms with Crippen LogP contribution in [-0.4, -0.2) is 11.6 Å². The van der Waals surface area contributed by atoms with Gasteiger partial charge < -0.3 is 4.74 Å². The molecule has 0 saturated carbocycles. The van der Waals surface area contributed by atoms with Gasteiger partial charge in [0.1, 0.15) is 5.15 Å². The first-order valence-electron chi connectivity index (χ1n) is 2.86. The molecule has 6 heteroatoms. The molecule has 0 spiro atoms. The number of nitrogens with zero attached hydrogens (tertiary/aromatic N) is 1. The van der Waals surface area contributed by atoms with Crippen molar-refractivity contribution in [2.75, 3.05) is 0 Å². The van der Waals surface area contributed by atoms with E-state index in [1.807, 2.05) is 0 Å². The van der Waals surface area contributed by atoms with E-state index in [1.165, 1.54) is 0 Å². The summed E-state index contributed by atoms with van der Waals surface area (Å²) < 4.78 is 39.4. The topological polar surface area (TPSA) is 22.1 Å². The highest BCUT2D eigenvalue weighted by molar-refractivity contribution is 6.29. The van der Waals surface area contributed by atoms with Gasteiger partial charge in [-0.05, 0) is 12.1 Å². The van der Waals surface area contributed by atoms with Crippen LogP contribution >= 0.6 is 11.6 Å². The van der Waals surface area contributed by atoms with E-state index in [0.717, 1.165) is 12.1 Å². The van der Waals surface area contributed by atoms with Gasteiger partial charge in [-0.1, -0.05) is 11.6 Å². The molecule has 1 aromatic rings. The number of ether oxygens (including phenoxy) is 1. The van der Waals surface area contributed by atoms with Crippen molar-refractivity contribution >= 4 is 11.6 Å². The van der Waals surface area contributed by atoms with Gasteiger partial charge in [-0.3, -0.25) is 0 Å². The van der Waals surface area contributed by atoms with Gasteiger partial charge in [-0.2, -0.15) is 13.2 Å². The summed E-state index contributed by atoms with van der Waals surface area (Å²) in [5, 5.41) is -0.117. The van der Waals surface area contributed by atoms with E-state index in [-0.39, 0.29) is 5.15 Å². The average molecular weight is 198 g/mol. The Morgan fingerprint density at radius 3 is 2.58 bits per heavy atom. The standard InChI is InChI=1S/C6H3ClF3NO/c7-4-2-1-3(5(8)11-4)12-6(9)10/h1-2,6H. The molecule has 0 amide bonds. The van der Waals surface area contributed by atoms with Crippen molar-refractivity contribution in [3.8, 4) is 5.75 Å². The smallest absolute Gasteiger partial charge is 0.387 e. The Kier molecular flexibility index (Phi) is 2.75. The molecule has 0 aliphatic heterocycles. The van der Waals surface area contributed by atoms with Gasteiger partial charge in [0, 0.05) is 0 Å². The number of halogens is 4. The predicted molar refractivity (Wildman–Crippen MR) is 35.8 cm³/mol. The van der Waals surface area contributed by atoms with Crippen molar-refractivity contribution in [2.45, 2.75) is 6.61 Å². The fourth-order valence-corrected chi connectivity index (χ4v) is 0.720. The third kappa shape index (κ3) is 2.27. The molecule has 0 aliphatic carbocycles. The Labute approximate surface area is 70.9 Å². The lowest BCUT2D eigenvalue weighted by molar-refractivity contribution is -0.0526. The number of aromatic nitrogens is 1. The van der Waals surface area contributed by atoms with E-state index in [1.54, 1.807) is 0 Å². The molecule has 0 saturated heterocycles. The fraction of sp³-hybridized carbons (Fsp3) is 0.167. The maximum absolute atomic E-state index is 12.6. The second-order valence-electron chi connectivity index (χ2n) is 1.80. The highest BCUT2D eigenvalue weighted by Gasteiger charge is 2.10. The monoisotopic (exact) mass is 197 g/mol. The lowest BCUT2D eigenvalue weighted by Crippen LogP contribution is -2.04. The number of hydrogen-bond donors (Lipinski definition) is 0. The molecule has 12 heavy (non-hydrogen) atoms. The molecule has 1 aromatic heterocycles. The van der Waals surface area contributed by atoms with E-state index < -0.39 is 18.3 Å². The second kappa shape index (κ2) is 3.62. The normalized spacial score (nSPS) is 10.4. The Morgan fingerprint density at radius 1 is 1.42 bits per heavy atom. The van der Waals surface area contributed by atoms with Crippen molar-refractivity contribution < 1.29 is 17.9 Å².